The molecule has 4 heteroatoms. The van der Waals surface area contributed by atoms with Crippen molar-refractivity contribution in [3.05, 3.63) is 29.3 Å². The maximum Gasteiger partial charge on any atom is 0.140 e. The number of hydrogen-bond acceptors (Lipinski definition) is 2. The molecule has 0 fully saturated rings. The Morgan fingerprint density at radius 3 is 2.80 bits per heavy atom. The summed E-state index contributed by atoms with van der Waals surface area (Å²) in [6.07, 6.45) is 0. The SMILES string of the molecule is CNC1c2cc(F)cc(F)c2SCC1C. The van der Waals surface area contributed by atoms with Crippen molar-refractivity contribution in [3.8, 4) is 0 Å². The van der Waals surface area contributed by atoms with Gasteiger partial charge in [0.25, 0.3) is 0 Å². The van der Waals surface area contributed by atoms with Crippen LogP contribution in [0, 0.1) is 17.6 Å². The Labute approximate surface area is 92.3 Å². The molecule has 0 spiro atoms. The van der Waals surface area contributed by atoms with Gasteiger partial charge in [0.1, 0.15) is 11.6 Å². The molecule has 0 aromatic heterocycles. The maximum atomic E-state index is 13.5. The van der Waals surface area contributed by atoms with Gasteiger partial charge in [-0.15, -0.1) is 11.8 Å². The fourth-order valence-corrected chi connectivity index (χ4v) is 3.19. The highest BCUT2D eigenvalue weighted by Gasteiger charge is 2.28. The highest BCUT2D eigenvalue weighted by molar-refractivity contribution is 7.99. The second kappa shape index (κ2) is 4.10. The topological polar surface area (TPSA) is 12.0 Å². The van der Waals surface area contributed by atoms with Crippen LogP contribution < -0.4 is 5.32 Å². The lowest BCUT2D eigenvalue weighted by Gasteiger charge is -2.30. The molecule has 82 valence electrons. The molecule has 15 heavy (non-hydrogen) atoms. The number of nitrogens with one attached hydrogen (secondary N) is 1. The lowest BCUT2D eigenvalue weighted by molar-refractivity contribution is 0.425. The Morgan fingerprint density at radius 1 is 1.40 bits per heavy atom. The van der Waals surface area contributed by atoms with E-state index in [1.807, 2.05) is 7.05 Å². The fraction of sp³-hybridized carbons (Fsp3) is 0.455. The summed E-state index contributed by atoms with van der Waals surface area (Å²) in [6.45, 7) is 2.08. The number of benzene rings is 1. The average Bonchev–Trinajstić information content (AvgIpc) is 2.17. The molecule has 2 rings (SSSR count). The molecule has 2 atom stereocenters. The van der Waals surface area contributed by atoms with Gasteiger partial charge in [-0.05, 0) is 24.6 Å². The number of halogens is 2. The minimum Gasteiger partial charge on any atom is -0.313 e. The summed E-state index contributed by atoms with van der Waals surface area (Å²) in [5, 5.41) is 3.12. The molecule has 1 aromatic rings. The van der Waals surface area contributed by atoms with Gasteiger partial charge >= 0.3 is 0 Å². The number of rotatable bonds is 1. The van der Waals surface area contributed by atoms with Crippen LogP contribution in [0.2, 0.25) is 0 Å². The van der Waals surface area contributed by atoms with Crippen molar-refractivity contribution in [2.75, 3.05) is 12.8 Å². The van der Waals surface area contributed by atoms with Gasteiger partial charge in [-0.25, -0.2) is 8.78 Å². The van der Waals surface area contributed by atoms with E-state index in [1.165, 1.54) is 17.8 Å². The van der Waals surface area contributed by atoms with Crippen molar-refractivity contribution < 1.29 is 8.78 Å². The molecular weight excluding hydrogens is 216 g/mol. The zero-order valence-corrected chi connectivity index (χ0v) is 9.50. The van der Waals surface area contributed by atoms with Gasteiger partial charge in [-0.3, -0.25) is 0 Å². The lowest BCUT2D eigenvalue weighted by Crippen LogP contribution is -2.28. The smallest absolute Gasteiger partial charge is 0.140 e. The molecule has 0 aliphatic carbocycles. The van der Waals surface area contributed by atoms with E-state index in [4.69, 9.17) is 0 Å². The Balaban J connectivity index is 2.52. The molecular formula is C11H13F2NS. The molecule has 1 aromatic carbocycles. The molecule has 0 saturated carbocycles. The molecule has 0 radical (unpaired) electrons. The van der Waals surface area contributed by atoms with Crippen LogP contribution in [0.1, 0.15) is 18.5 Å². The van der Waals surface area contributed by atoms with Crippen LogP contribution in [-0.2, 0) is 0 Å². The van der Waals surface area contributed by atoms with Crippen molar-refractivity contribution in [1.82, 2.24) is 5.32 Å². The first kappa shape index (κ1) is 10.9. The van der Waals surface area contributed by atoms with E-state index in [2.05, 4.69) is 12.2 Å². The largest absolute Gasteiger partial charge is 0.313 e. The molecule has 1 aliphatic heterocycles. The highest BCUT2D eigenvalue weighted by Crippen LogP contribution is 2.40. The minimum absolute atomic E-state index is 0.0476. The van der Waals surface area contributed by atoms with Crippen LogP contribution in [0.3, 0.4) is 0 Å². The first-order valence-electron chi connectivity index (χ1n) is 4.92. The van der Waals surface area contributed by atoms with E-state index in [0.29, 0.717) is 10.8 Å². The van der Waals surface area contributed by atoms with Crippen molar-refractivity contribution in [2.24, 2.45) is 5.92 Å². The quantitative estimate of drug-likeness (QED) is 0.794. The first-order chi connectivity index (χ1) is 7.13. The summed E-state index contributed by atoms with van der Waals surface area (Å²) in [5.41, 5.74) is 0.749. The molecule has 2 unspecified atom stereocenters. The minimum atomic E-state index is -0.499. The summed E-state index contributed by atoms with van der Waals surface area (Å²) >= 11 is 1.47. The molecule has 0 amide bonds. The lowest BCUT2D eigenvalue weighted by atomic mass is 9.95. The van der Waals surface area contributed by atoms with E-state index in [1.54, 1.807) is 0 Å². The van der Waals surface area contributed by atoms with Crippen LogP contribution in [0.4, 0.5) is 8.78 Å². The summed E-state index contributed by atoms with van der Waals surface area (Å²) < 4.78 is 26.6. The normalized spacial score (nSPS) is 25.1. The van der Waals surface area contributed by atoms with Gasteiger partial charge < -0.3 is 5.32 Å². The third-order valence-electron chi connectivity index (χ3n) is 2.74. The number of hydrogen-bond donors (Lipinski definition) is 1. The predicted octanol–water partition coefficient (Wildman–Crippen LogP) is 2.97. The molecule has 1 aliphatic rings. The monoisotopic (exact) mass is 229 g/mol. The third-order valence-corrected chi connectivity index (χ3v) is 4.15. The standard InChI is InChI=1S/C11H13F2NS/c1-6-5-15-11-8(10(6)14-2)3-7(12)4-9(11)13/h3-4,6,10,14H,5H2,1-2H3. The van der Waals surface area contributed by atoms with Crippen LogP contribution >= 0.6 is 11.8 Å². The van der Waals surface area contributed by atoms with Crippen molar-refractivity contribution in [1.29, 1.82) is 0 Å². The first-order valence-corrected chi connectivity index (χ1v) is 5.91. The zero-order chi connectivity index (χ0) is 11.0. The average molecular weight is 229 g/mol. The third kappa shape index (κ3) is 1.88. The summed E-state index contributed by atoms with van der Waals surface area (Å²) in [5.74, 6) is 0.304. The Kier molecular flexibility index (Phi) is 2.98. The van der Waals surface area contributed by atoms with Gasteiger partial charge in [-0.1, -0.05) is 6.92 Å². The summed E-state index contributed by atoms with van der Waals surface area (Å²) in [4.78, 5) is 0.592. The van der Waals surface area contributed by atoms with Gasteiger partial charge in [0, 0.05) is 22.8 Å². The molecule has 1 N–H and O–H groups in total. The number of thioether (sulfide) groups is 1. The van der Waals surface area contributed by atoms with E-state index in [9.17, 15) is 8.78 Å². The Bertz CT molecular complexity index is 381. The van der Waals surface area contributed by atoms with Gasteiger partial charge in [-0.2, -0.15) is 0 Å². The fourth-order valence-electron chi connectivity index (χ4n) is 2.02. The van der Waals surface area contributed by atoms with Crippen LogP contribution in [0.25, 0.3) is 0 Å². The van der Waals surface area contributed by atoms with Crippen LogP contribution in [-0.4, -0.2) is 12.8 Å². The van der Waals surface area contributed by atoms with E-state index in [-0.39, 0.29) is 6.04 Å². The van der Waals surface area contributed by atoms with Crippen molar-refractivity contribution >= 4 is 11.8 Å². The van der Waals surface area contributed by atoms with E-state index in [0.717, 1.165) is 17.4 Å². The van der Waals surface area contributed by atoms with Gasteiger partial charge in [0.15, 0.2) is 0 Å². The van der Waals surface area contributed by atoms with Gasteiger partial charge in [0.05, 0.1) is 0 Å². The maximum absolute atomic E-state index is 13.5. The van der Waals surface area contributed by atoms with Crippen molar-refractivity contribution in [3.63, 3.8) is 0 Å². The predicted molar refractivity (Wildman–Crippen MR) is 58.0 cm³/mol. The molecule has 1 nitrogen and oxygen atoms in total. The second-order valence-corrected chi connectivity index (χ2v) is 4.89. The summed E-state index contributed by atoms with van der Waals surface area (Å²) in [7, 11) is 1.82. The molecule has 0 saturated heterocycles. The van der Waals surface area contributed by atoms with E-state index >= 15 is 0 Å². The molecule has 0 bridgehead atoms. The summed E-state index contributed by atoms with van der Waals surface area (Å²) in [6, 6.07) is 2.43. The van der Waals surface area contributed by atoms with Gasteiger partial charge in [0.2, 0.25) is 0 Å². The Morgan fingerprint density at radius 2 is 2.13 bits per heavy atom. The van der Waals surface area contributed by atoms with E-state index < -0.39 is 11.6 Å². The zero-order valence-electron chi connectivity index (χ0n) is 8.68. The molecule has 1 heterocycles. The van der Waals surface area contributed by atoms with Crippen LogP contribution in [0.15, 0.2) is 17.0 Å². The number of fused-ring (bicyclic) bond motifs is 1. The van der Waals surface area contributed by atoms with Crippen molar-refractivity contribution in [2.45, 2.75) is 17.9 Å². The Hall–Kier alpha value is -0.610. The van der Waals surface area contributed by atoms with Crippen LogP contribution in [0.5, 0.6) is 0 Å². The highest BCUT2D eigenvalue weighted by atomic mass is 32.2. The second-order valence-electron chi connectivity index (χ2n) is 3.86.